The first kappa shape index (κ1) is 24.6. The van der Waals surface area contributed by atoms with Gasteiger partial charge in [0.2, 0.25) is 0 Å². The van der Waals surface area contributed by atoms with E-state index in [1.165, 1.54) is 12.8 Å². The number of hydrogen-bond donors (Lipinski definition) is 2. The van der Waals surface area contributed by atoms with Crippen LogP contribution in [0.1, 0.15) is 65.3 Å². The monoisotopic (exact) mass is 448 g/mol. The minimum Gasteiger partial charge on any atom is -0.369 e. The van der Waals surface area contributed by atoms with Gasteiger partial charge in [-0.1, -0.05) is 5.92 Å². The van der Waals surface area contributed by atoms with Crippen LogP contribution in [0.2, 0.25) is 0 Å². The van der Waals surface area contributed by atoms with Crippen molar-refractivity contribution in [2.45, 2.75) is 65.1 Å². The molecule has 1 heterocycles. The predicted octanol–water partition coefficient (Wildman–Crippen LogP) is 3.60. The number of terminal acetylenes is 1. The van der Waals surface area contributed by atoms with Crippen molar-refractivity contribution < 1.29 is 4.79 Å². The van der Waals surface area contributed by atoms with E-state index in [9.17, 15) is 9.59 Å². The molecule has 1 aliphatic carbocycles. The molecule has 1 aliphatic rings. The highest BCUT2D eigenvalue weighted by Gasteiger charge is 2.27. The topological polar surface area (TPSA) is 68.4 Å². The molecule has 6 heteroatoms. The molecule has 0 bridgehead atoms. The number of carbonyl (C=O) groups is 1. The number of nitrogens with zero attached hydrogens (tertiary/aromatic N) is 2. The zero-order valence-electron chi connectivity index (χ0n) is 20.5. The zero-order valence-corrected chi connectivity index (χ0v) is 20.5. The van der Waals surface area contributed by atoms with Crippen LogP contribution in [0.25, 0.3) is 0 Å². The number of aromatic amines is 1. The number of pyridine rings is 1. The number of amides is 1. The summed E-state index contributed by atoms with van der Waals surface area (Å²) in [6, 6.07) is 8.62. The van der Waals surface area contributed by atoms with Crippen molar-refractivity contribution in [3.63, 3.8) is 0 Å². The third kappa shape index (κ3) is 5.85. The van der Waals surface area contributed by atoms with Gasteiger partial charge in [-0.3, -0.25) is 9.59 Å². The fourth-order valence-electron chi connectivity index (χ4n) is 4.90. The second kappa shape index (κ2) is 10.7. The van der Waals surface area contributed by atoms with Gasteiger partial charge in [-0.05, 0) is 90.4 Å². The van der Waals surface area contributed by atoms with E-state index < -0.39 is 0 Å². The third-order valence-electron chi connectivity index (χ3n) is 6.78. The molecule has 0 radical (unpaired) electrons. The Bertz CT molecular complexity index is 1090. The Morgan fingerprint density at radius 2 is 1.79 bits per heavy atom. The smallest absolute Gasteiger partial charge is 0.253 e. The summed E-state index contributed by atoms with van der Waals surface area (Å²) < 4.78 is 0. The van der Waals surface area contributed by atoms with Crippen molar-refractivity contribution in [2.24, 2.45) is 0 Å². The van der Waals surface area contributed by atoms with Crippen molar-refractivity contribution in [1.82, 2.24) is 15.2 Å². The van der Waals surface area contributed by atoms with E-state index in [1.54, 1.807) is 6.07 Å². The molecule has 1 aromatic heterocycles. The lowest BCUT2D eigenvalue weighted by Crippen LogP contribution is -2.42. The summed E-state index contributed by atoms with van der Waals surface area (Å²) in [5, 5.41) is 2.90. The fraction of sp³-hybridized carbons (Fsp3) is 0.481. The first-order valence-electron chi connectivity index (χ1n) is 11.8. The van der Waals surface area contributed by atoms with E-state index in [4.69, 9.17) is 6.42 Å². The quantitative estimate of drug-likeness (QED) is 0.635. The average molecular weight is 449 g/mol. The van der Waals surface area contributed by atoms with Crippen LogP contribution in [-0.2, 0) is 6.54 Å². The summed E-state index contributed by atoms with van der Waals surface area (Å²) in [4.78, 5) is 32.8. The number of rotatable bonds is 7. The summed E-state index contributed by atoms with van der Waals surface area (Å²) in [5.74, 6) is 2.46. The molecule has 1 aromatic carbocycles. The number of hydrogen-bond acceptors (Lipinski definition) is 4. The van der Waals surface area contributed by atoms with Crippen molar-refractivity contribution in [1.29, 1.82) is 0 Å². The lowest BCUT2D eigenvalue weighted by Gasteiger charge is -2.39. The molecule has 176 valence electrons. The summed E-state index contributed by atoms with van der Waals surface area (Å²) in [5.41, 5.74) is 4.24. The summed E-state index contributed by atoms with van der Waals surface area (Å²) in [6.07, 6.45) is 10.3. The Morgan fingerprint density at radius 3 is 2.36 bits per heavy atom. The molecule has 1 saturated carbocycles. The van der Waals surface area contributed by atoms with Crippen LogP contribution in [-0.4, -0.2) is 48.5 Å². The molecule has 6 nitrogen and oxygen atoms in total. The molecule has 0 unspecified atom stereocenters. The second-order valence-corrected chi connectivity index (χ2v) is 9.25. The standard InChI is InChI=1S/C27H36N4O2/c1-7-20-14-21(26(32)28-17-25-18(3)13-19(4)29-27(25)33)16-24(15-20)31(8-2)23-11-9-22(10-12-23)30(5)6/h1,13-16,22-23H,8-12,17H2,2-6H3,(H,28,32)(H,29,33). The predicted molar refractivity (Wildman–Crippen MR) is 135 cm³/mol. The van der Waals surface area contributed by atoms with Gasteiger partial charge in [0, 0.05) is 53.2 Å². The lowest BCUT2D eigenvalue weighted by molar-refractivity contribution is 0.0950. The Balaban J connectivity index is 1.79. The average Bonchev–Trinajstić information content (AvgIpc) is 2.78. The summed E-state index contributed by atoms with van der Waals surface area (Å²) in [6.45, 7) is 6.89. The van der Waals surface area contributed by atoms with Gasteiger partial charge >= 0.3 is 0 Å². The largest absolute Gasteiger partial charge is 0.369 e. The number of H-pyrrole nitrogens is 1. The van der Waals surface area contributed by atoms with E-state index in [0.717, 1.165) is 36.3 Å². The Kier molecular flexibility index (Phi) is 7.99. The number of carbonyl (C=O) groups excluding carboxylic acids is 1. The van der Waals surface area contributed by atoms with Crippen LogP contribution in [0.3, 0.4) is 0 Å². The number of aryl methyl sites for hydroxylation is 2. The van der Waals surface area contributed by atoms with Crippen LogP contribution >= 0.6 is 0 Å². The number of nitrogens with one attached hydrogen (secondary N) is 2. The van der Waals surface area contributed by atoms with Gasteiger partial charge < -0.3 is 20.1 Å². The van der Waals surface area contributed by atoms with Gasteiger partial charge in [-0.15, -0.1) is 6.42 Å². The van der Waals surface area contributed by atoms with Crippen LogP contribution in [0.4, 0.5) is 5.69 Å². The molecular weight excluding hydrogens is 412 g/mol. The Labute approximate surface area is 197 Å². The van der Waals surface area contributed by atoms with Crippen molar-refractivity contribution in [3.8, 4) is 12.3 Å². The molecule has 0 aliphatic heterocycles. The minimum absolute atomic E-state index is 0.169. The molecule has 33 heavy (non-hydrogen) atoms. The molecular formula is C27H36N4O2. The Hall–Kier alpha value is -3.04. The maximum absolute atomic E-state index is 13.0. The van der Waals surface area contributed by atoms with Crippen molar-refractivity contribution in [3.05, 3.63) is 62.6 Å². The maximum atomic E-state index is 13.0. The second-order valence-electron chi connectivity index (χ2n) is 9.25. The number of benzene rings is 1. The first-order chi connectivity index (χ1) is 15.7. The third-order valence-corrected chi connectivity index (χ3v) is 6.78. The lowest BCUT2D eigenvalue weighted by atomic mass is 9.89. The van der Waals surface area contributed by atoms with Crippen LogP contribution in [0.5, 0.6) is 0 Å². The van der Waals surface area contributed by atoms with Gasteiger partial charge in [0.15, 0.2) is 0 Å². The molecule has 1 amide bonds. The van der Waals surface area contributed by atoms with Gasteiger partial charge in [0.25, 0.3) is 11.5 Å². The molecule has 3 rings (SSSR count). The SMILES string of the molecule is C#Cc1cc(C(=O)NCc2c(C)cc(C)[nH]c2=O)cc(N(CC)C2CCC(N(C)C)CC2)c1. The highest BCUT2D eigenvalue weighted by Crippen LogP contribution is 2.30. The van der Waals surface area contributed by atoms with Crippen LogP contribution in [0.15, 0.2) is 29.1 Å². The van der Waals surface area contributed by atoms with Gasteiger partial charge in [0.1, 0.15) is 0 Å². The normalized spacial score (nSPS) is 18.1. The van der Waals surface area contributed by atoms with E-state index in [1.807, 2.05) is 32.0 Å². The molecule has 1 fully saturated rings. The first-order valence-corrected chi connectivity index (χ1v) is 11.8. The Morgan fingerprint density at radius 1 is 1.12 bits per heavy atom. The van der Waals surface area contributed by atoms with Gasteiger partial charge in [-0.2, -0.15) is 0 Å². The zero-order chi connectivity index (χ0) is 24.1. The van der Waals surface area contributed by atoms with E-state index in [2.05, 4.69) is 47.0 Å². The number of anilines is 1. The highest BCUT2D eigenvalue weighted by molar-refractivity contribution is 5.95. The molecule has 0 atom stereocenters. The van der Waals surface area contributed by atoms with Crippen molar-refractivity contribution in [2.75, 3.05) is 25.5 Å². The van der Waals surface area contributed by atoms with Gasteiger partial charge in [0.05, 0.1) is 0 Å². The fourth-order valence-corrected chi connectivity index (χ4v) is 4.90. The summed E-state index contributed by atoms with van der Waals surface area (Å²) in [7, 11) is 4.30. The summed E-state index contributed by atoms with van der Waals surface area (Å²) >= 11 is 0. The molecule has 0 saturated heterocycles. The van der Waals surface area contributed by atoms with Crippen molar-refractivity contribution >= 4 is 11.6 Å². The minimum atomic E-state index is -0.236. The molecule has 0 spiro atoms. The van der Waals surface area contributed by atoms with Crippen LogP contribution in [0, 0.1) is 26.2 Å². The maximum Gasteiger partial charge on any atom is 0.253 e. The highest BCUT2D eigenvalue weighted by atomic mass is 16.1. The molecule has 2 N–H and O–H groups in total. The van der Waals surface area contributed by atoms with E-state index in [0.29, 0.717) is 28.8 Å². The number of aromatic nitrogens is 1. The van der Waals surface area contributed by atoms with E-state index >= 15 is 0 Å². The van der Waals surface area contributed by atoms with Gasteiger partial charge in [-0.25, -0.2) is 0 Å². The van der Waals surface area contributed by atoms with Crippen LogP contribution < -0.4 is 15.8 Å². The van der Waals surface area contributed by atoms with E-state index in [-0.39, 0.29) is 18.0 Å². The molecule has 2 aromatic rings.